The highest BCUT2D eigenvalue weighted by Crippen LogP contribution is 2.26. The average Bonchev–Trinajstić information content (AvgIpc) is 2.24. The van der Waals surface area contributed by atoms with Crippen molar-refractivity contribution < 1.29 is 9.53 Å². The number of hydrogen-bond acceptors (Lipinski definition) is 3. The monoisotopic (exact) mass is 249 g/mol. The van der Waals surface area contributed by atoms with Crippen molar-refractivity contribution in [1.29, 1.82) is 0 Å². The van der Waals surface area contributed by atoms with Crippen LogP contribution in [-0.4, -0.2) is 16.9 Å². The van der Waals surface area contributed by atoms with E-state index in [2.05, 4.69) is 4.85 Å². The summed E-state index contributed by atoms with van der Waals surface area (Å²) in [5, 5.41) is -0.836. The fraction of sp³-hybridized carbons (Fsp3) is 0.385. The standard InChI is InChI=1S/C13H15NO2S/c1-13(2,3)16-12(15)11(14-4)17-10-8-6-5-7-9-10/h5-9,11H,1-3H3. The summed E-state index contributed by atoms with van der Waals surface area (Å²) in [4.78, 5) is 15.9. The van der Waals surface area contributed by atoms with Crippen molar-refractivity contribution in [2.45, 2.75) is 36.6 Å². The molecule has 1 aromatic carbocycles. The summed E-state index contributed by atoms with van der Waals surface area (Å²) in [5.41, 5.74) is -0.558. The Hall–Kier alpha value is -1.47. The molecule has 0 aliphatic heterocycles. The molecule has 0 heterocycles. The molecule has 0 amide bonds. The van der Waals surface area contributed by atoms with Crippen molar-refractivity contribution in [2.75, 3.05) is 0 Å². The highest BCUT2D eigenvalue weighted by molar-refractivity contribution is 8.00. The normalized spacial score (nSPS) is 12.6. The zero-order valence-electron chi connectivity index (χ0n) is 10.1. The summed E-state index contributed by atoms with van der Waals surface area (Å²) >= 11 is 1.21. The van der Waals surface area contributed by atoms with Gasteiger partial charge < -0.3 is 4.74 Å². The maximum atomic E-state index is 11.7. The van der Waals surface area contributed by atoms with Gasteiger partial charge in [0.25, 0.3) is 0 Å². The molecule has 0 fully saturated rings. The van der Waals surface area contributed by atoms with Crippen LogP contribution in [0.4, 0.5) is 0 Å². The topological polar surface area (TPSA) is 30.7 Å². The van der Waals surface area contributed by atoms with E-state index in [1.165, 1.54) is 11.8 Å². The number of carbonyl (C=O) groups excluding carboxylic acids is 1. The first kappa shape index (κ1) is 13.6. The second-order valence-electron chi connectivity index (χ2n) is 4.45. The summed E-state index contributed by atoms with van der Waals surface area (Å²) in [6, 6.07) is 9.38. The molecule has 1 unspecified atom stereocenters. The van der Waals surface area contributed by atoms with Crippen LogP contribution in [-0.2, 0) is 9.53 Å². The molecule has 0 saturated carbocycles. The zero-order valence-corrected chi connectivity index (χ0v) is 11.0. The van der Waals surface area contributed by atoms with E-state index < -0.39 is 16.9 Å². The van der Waals surface area contributed by atoms with Gasteiger partial charge >= 0.3 is 11.3 Å². The lowest BCUT2D eigenvalue weighted by atomic mass is 10.2. The predicted octanol–water partition coefficient (Wildman–Crippen LogP) is 3.37. The van der Waals surface area contributed by atoms with Crippen LogP contribution in [0.3, 0.4) is 0 Å². The first-order chi connectivity index (χ1) is 7.92. The van der Waals surface area contributed by atoms with E-state index in [4.69, 9.17) is 11.3 Å². The molecule has 0 radical (unpaired) electrons. The highest BCUT2D eigenvalue weighted by atomic mass is 32.2. The molecule has 1 atom stereocenters. The molecule has 1 rings (SSSR count). The van der Waals surface area contributed by atoms with Crippen LogP contribution in [0.1, 0.15) is 20.8 Å². The molecule has 0 spiro atoms. The van der Waals surface area contributed by atoms with Gasteiger partial charge in [0.2, 0.25) is 0 Å². The van der Waals surface area contributed by atoms with E-state index >= 15 is 0 Å². The molecule has 3 nitrogen and oxygen atoms in total. The van der Waals surface area contributed by atoms with Crippen molar-refractivity contribution >= 4 is 17.7 Å². The van der Waals surface area contributed by atoms with Crippen LogP contribution in [0.5, 0.6) is 0 Å². The maximum absolute atomic E-state index is 11.7. The van der Waals surface area contributed by atoms with Crippen LogP contribution in [0.2, 0.25) is 0 Å². The minimum Gasteiger partial charge on any atom is -0.454 e. The summed E-state index contributed by atoms with van der Waals surface area (Å²) in [6.45, 7) is 12.4. The number of rotatable bonds is 3. The average molecular weight is 249 g/mol. The van der Waals surface area contributed by atoms with E-state index in [9.17, 15) is 4.79 Å². The van der Waals surface area contributed by atoms with Crippen LogP contribution in [0.25, 0.3) is 4.85 Å². The van der Waals surface area contributed by atoms with Crippen LogP contribution < -0.4 is 0 Å². The second-order valence-corrected chi connectivity index (χ2v) is 5.60. The zero-order chi connectivity index (χ0) is 12.9. The van der Waals surface area contributed by atoms with Crippen molar-refractivity contribution in [3.05, 3.63) is 41.7 Å². The van der Waals surface area contributed by atoms with Gasteiger partial charge in [0.05, 0.1) is 0 Å². The lowest BCUT2D eigenvalue weighted by molar-refractivity contribution is -0.153. The number of benzene rings is 1. The second kappa shape index (κ2) is 5.74. The molecule has 0 aliphatic carbocycles. The molecular weight excluding hydrogens is 234 g/mol. The van der Waals surface area contributed by atoms with Gasteiger partial charge in [-0.25, -0.2) is 11.4 Å². The Morgan fingerprint density at radius 1 is 1.35 bits per heavy atom. The predicted molar refractivity (Wildman–Crippen MR) is 68.5 cm³/mol. The van der Waals surface area contributed by atoms with Gasteiger partial charge in [-0.2, -0.15) is 0 Å². The summed E-state index contributed by atoms with van der Waals surface area (Å²) in [5.74, 6) is -0.485. The van der Waals surface area contributed by atoms with Gasteiger partial charge in [-0.1, -0.05) is 18.2 Å². The fourth-order valence-corrected chi connectivity index (χ4v) is 1.88. The van der Waals surface area contributed by atoms with Gasteiger partial charge in [-0.3, -0.25) is 4.85 Å². The number of hydrogen-bond donors (Lipinski definition) is 0. The lowest BCUT2D eigenvalue weighted by Crippen LogP contribution is -2.28. The molecule has 90 valence electrons. The number of esters is 1. The van der Waals surface area contributed by atoms with E-state index in [1.807, 2.05) is 30.3 Å². The first-order valence-electron chi connectivity index (χ1n) is 5.23. The lowest BCUT2D eigenvalue weighted by Gasteiger charge is -2.19. The molecule has 0 N–H and O–H groups in total. The van der Waals surface area contributed by atoms with Gasteiger partial charge in [0, 0.05) is 4.90 Å². The largest absolute Gasteiger partial charge is 0.454 e. The Labute approximate surface area is 106 Å². The van der Waals surface area contributed by atoms with Crippen LogP contribution >= 0.6 is 11.8 Å². The van der Waals surface area contributed by atoms with Crippen molar-refractivity contribution in [1.82, 2.24) is 0 Å². The quantitative estimate of drug-likeness (QED) is 0.467. The number of thioether (sulfide) groups is 1. The van der Waals surface area contributed by atoms with E-state index in [0.29, 0.717) is 0 Å². The minimum atomic E-state index is -0.836. The molecule has 0 aromatic heterocycles. The van der Waals surface area contributed by atoms with Gasteiger partial charge in [0.1, 0.15) is 5.60 Å². The molecule has 0 aliphatic rings. The Balaban J connectivity index is 2.68. The van der Waals surface area contributed by atoms with Crippen molar-refractivity contribution in [2.24, 2.45) is 0 Å². The number of carbonyl (C=O) groups is 1. The fourth-order valence-electron chi connectivity index (χ4n) is 1.11. The van der Waals surface area contributed by atoms with Crippen LogP contribution in [0.15, 0.2) is 35.2 Å². The van der Waals surface area contributed by atoms with E-state index in [-0.39, 0.29) is 0 Å². The molecule has 1 aromatic rings. The Kier molecular flexibility index (Phi) is 4.59. The number of nitrogens with zero attached hydrogens (tertiary/aromatic N) is 1. The van der Waals surface area contributed by atoms with Crippen molar-refractivity contribution in [3.63, 3.8) is 0 Å². The maximum Gasteiger partial charge on any atom is 0.402 e. The Morgan fingerprint density at radius 3 is 2.41 bits per heavy atom. The minimum absolute atomic E-state index is 0.485. The summed E-state index contributed by atoms with van der Waals surface area (Å²) in [6.07, 6.45) is 0. The molecule has 0 bridgehead atoms. The molecule has 4 heteroatoms. The summed E-state index contributed by atoms with van der Waals surface area (Å²) in [7, 11) is 0. The Bertz CT molecular complexity index is 417. The SMILES string of the molecule is [C-]#[N+]C(Sc1ccccc1)C(=O)OC(C)(C)C. The van der Waals surface area contributed by atoms with Crippen LogP contribution in [0, 0.1) is 6.57 Å². The van der Waals surface area contributed by atoms with Gasteiger partial charge in [-0.15, -0.1) is 0 Å². The Morgan fingerprint density at radius 2 is 1.94 bits per heavy atom. The molecule has 17 heavy (non-hydrogen) atoms. The summed E-state index contributed by atoms with van der Waals surface area (Å²) < 4.78 is 5.19. The van der Waals surface area contributed by atoms with Gasteiger partial charge in [0.15, 0.2) is 0 Å². The smallest absolute Gasteiger partial charge is 0.402 e. The highest BCUT2D eigenvalue weighted by Gasteiger charge is 2.30. The van der Waals surface area contributed by atoms with Gasteiger partial charge in [-0.05, 0) is 44.7 Å². The third-order valence-corrected chi connectivity index (χ3v) is 2.78. The van der Waals surface area contributed by atoms with E-state index in [0.717, 1.165) is 4.90 Å². The molecule has 0 saturated heterocycles. The first-order valence-corrected chi connectivity index (χ1v) is 6.11. The third kappa shape index (κ3) is 4.92. The third-order valence-electron chi connectivity index (χ3n) is 1.72. The van der Waals surface area contributed by atoms with Crippen molar-refractivity contribution in [3.8, 4) is 0 Å². The number of ether oxygens (including phenoxy) is 1. The molecular formula is C13H15NO2S. The van der Waals surface area contributed by atoms with E-state index in [1.54, 1.807) is 20.8 Å².